The first-order valence-electron chi connectivity index (χ1n) is 12.6. The van der Waals surface area contributed by atoms with Crippen molar-refractivity contribution in [2.24, 2.45) is 5.10 Å². The van der Waals surface area contributed by atoms with E-state index >= 15 is 0 Å². The largest absolute Gasteiger partial charge is 0.488 e. The summed E-state index contributed by atoms with van der Waals surface area (Å²) in [6, 6.07) is 30.9. The van der Waals surface area contributed by atoms with Gasteiger partial charge in [-0.15, -0.1) is 0 Å². The Bertz CT molecular complexity index is 1540. The summed E-state index contributed by atoms with van der Waals surface area (Å²) >= 11 is 0. The fraction of sp³-hybridized carbons (Fsp3) is 0.161. The number of sulfonamides is 1. The number of para-hydroxylation sites is 2. The molecule has 0 fully saturated rings. The normalized spacial score (nSPS) is 11.3. The zero-order valence-corrected chi connectivity index (χ0v) is 22.8. The highest BCUT2D eigenvalue weighted by atomic mass is 32.2. The van der Waals surface area contributed by atoms with E-state index in [0.717, 1.165) is 21.0 Å². The standard InChI is InChI=1S/C31H31N3O4S/c1-3-26-13-7-9-15-29(26)34(39(36,37)28-19-17-24(2)18-20-28)22-31(35)33-32-21-27-14-8-10-16-30(27)38-23-25-11-5-4-6-12-25/h4-21H,3,22-23H2,1-2H3,(H,33,35)/b32-21-. The molecule has 0 saturated heterocycles. The van der Waals surface area contributed by atoms with Gasteiger partial charge >= 0.3 is 0 Å². The highest BCUT2D eigenvalue weighted by Gasteiger charge is 2.28. The minimum Gasteiger partial charge on any atom is -0.488 e. The Hall–Kier alpha value is -4.43. The molecular weight excluding hydrogens is 510 g/mol. The minimum absolute atomic E-state index is 0.111. The average Bonchev–Trinajstić information content (AvgIpc) is 2.96. The molecule has 0 aliphatic heterocycles. The Labute approximate surface area is 229 Å². The van der Waals surface area contributed by atoms with Crippen LogP contribution in [0.3, 0.4) is 0 Å². The molecule has 0 bridgehead atoms. The fourth-order valence-electron chi connectivity index (χ4n) is 3.98. The number of rotatable bonds is 11. The van der Waals surface area contributed by atoms with Crippen LogP contribution in [0.25, 0.3) is 0 Å². The number of benzene rings is 4. The lowest BCUT2D eigenvalue weighted by atomic mass is 10.1. The number of hydrazone groups is 1. The SMILES string of the molecule is CCc1ccccc1N(CC(=O)N/N=C\c1ccccc1OCc1ccccc1)S(=O)(=O)c1ccc(C)cc1. The van der Waals surface area contributed by atoms with E-state index in [4.69, 9.17) is 4.74 Å². The summed E-state index contributed by atoms with van der Waals surface area (Å²) in [5.41, 5.74) is 6.39. The molecule has 0 heterocycles. The second kappa shape index (κ2) is 12.9. The number of aryl methyl sites for hydroxylation is 2. The average molecular weight is 542 g/mol. The highest BCUT2D eigenvalue weighted by Crippen LogP contribution is 2.27. The predicted octanol–water partition coefficient (Wildman–Crippen LogP) is 5.48. The summed E-state index contributed by atoms with van der Waals surface area (Å²) in [4.78, 5) is 13.1. The van der Waals surface area contributed by atoms with E-state index in [1.807, 2.05) is 80.6 Å². The van der Waals surface area contributed by atoms with Crippen LogP contribution in [0, 0.1) is 6.92 Å². The number of ether oxygens (including phenoxy) is 1. The molecule has 8 heteroatoms. The second-order valence-electron chi connectivity index (χ2n) is 8.91. The molecule has 0 spiro atoms. The van der Waals surface area contributed by atoms with Crippen LogP contribution in [0.15, 0.2) is 113 Å². The number of amides is 1. The van der Waals surface area contributed by atoms with Crippen molar-refractivity contribution < 1.29 is 17.9 Å². The third-order valence-electron chi connectivity index (χ3n) is 6.09. The molecule has 1 N–H and O–H groups in total. The van der Waals surface area contributed by atoms with Crippen LogP contribution in [0.5, 0.6) is 5.75 Å². The zero-order valence-electron chi connectivity index (χ0n) is 21.9. The number of hydrogen-bond donors (Lipinski definition) is 1. The minimum atomic E-state index is -4.02. The summed E-state index contributed by atoms with van der Waals surface area (Å²) in [5.74, 6) is 0.0373. The van der Waals surface area contributed by atoms with E-state index in [1.165, 1.54) is 6.21 Å². The van der Waals surface area contributed by atoms with Crippen molar-refractivity contribution in [3.8, 4) is 5.75 Å². The Morgan fingerprint density at radius 2 is 1.56 bits per heavy atom. The van der Waals surface area contributed by atoms with Gasteiger partial charge in [-0.2, -0.15) is 5.10 Å². The smallest absolute Gasteiger partial charge is 0.264 e. The first-order valence-corrected chi connectivity index (χ1v) is 14.1. The predicted molar refractivity (Wildman–Crippen MR) is 154 cm³/mol. The molecule has 39 heavy (non-hydrogen) atoms. The monoisotopic (exact) mass is 541 g/mol. The van der Waals surface area contributed by atoms with E-state index in [-0.39, 0.29) is 4.90 Å². The summed E-state index contributed by atoms with van der Waals surface area (Å²) in [7, 11) is -4.02. The maximum atomic E-state index is 13.7. The summed E-state index contributed by atoms with van der Waals surface area (Å²) in [6.07, 6.45) is 2.09. The Kier molecular flexibility index (Phi) is 9.12. The molecule has 4 aromatic carbocycles. The lowest BCUT2D eigenvalue weighted by molar-refractivity contribution is -0.119. The van der Waals surface area contributed by atoms with Gasteiger partial charge in [-0.05, 0) is 54.8 Å². The van der Waals surface area contributed by atoms with Gasteiger partial charge in [-0.1, -0.05) is 85.3 Å². The Balaban J connectivity index is 1.52. The lowest BCUT2D eigenvalue weighted by Gasteiger charge is -2.25. The summed E-state index contributed by atoms with van der Waals surface area (Å²) < 4.78 is 34.4. The summed E-state index contributed by atoms with van der Waals surface area (Å²) in [6.45, 7) is 3.78. The number of nitrogens with one attached hydrogen (secondary N) is 1. The van der Waals surface area contributed by atoms with E-state index in [9.17, 15) is 13.2 Å². The van der Waals surface area contributed by atoms with Gasteiger partial charge in [0.05, 0.1) is 16.8 Å². The Morgan fingerprint density at radius 1 is 0.897 bits per heavy atom. The molecule has 0 aliphatic rings. The van der Waals surface area contributed by atoms with Crippen LogP contribution in [-0.2, 0) is 27.8 Å². The van der Waals surface area contributed by atoms with Crippen LogP contribution in [0.1, 0.15) is 29.2 Å². The maximum Gasteiger partial charge on any atom is 0.264 e. The van der Waals surface area contributed by atoms with Gasteiger partial charge in [-0.3, -0.25) is 9.10 Å². The number of carbonyl (C=O) groups is 1. The van der Waals surface area contributed by atoms with Gasteiger partial charge in [0.15, 0.2) is 0 Å². The second-order valence-corrected chi connectivity index (χ2v) is 10.8. The topological polar surface area (TPSA) is 88.1 Å². The van der Waals surface area contributed by atoms with Gasteiger partial charge in [0.1, 0.15) is 18.9 Å². The van der Waals surface area contributed by atoms with Gasteiger partial charge in [0.25, 0.3) is 15.9 Å². The van der Waals surface area contributed by atoms with E-state index in [1.54, 1.807) is 36.4 Å². The van der Waals surface area contributed by atoms with Gasteiger partial charge < -0.3 is 4.74 Å². The first-order chi connectivity index (χ1) is 18.9. The number of carbonyl (C=O) groups excluding carboxylic acids is 1. The molecule has 0 atom stereocenters. The fourth-order valence-corrected chi connectivity index (χ4v) is 5.44. The molecule has 0 aromatic heterocycles. The zero-order chi connectivity index (χ0) is 27.7. The molecular formula is C31H31N3O4S. The molecule has 0 saturated carbocycles. The number of anilines is 1. The van der Waals surface area contributed by atoms with Crippen LogP contribution in [0.2, 0.25) is 0 Å². The van der Waals surface area contributed by atoms with Crippen molar-refractivity contribution in [3.05, 3.63) is 125 Å². The third-order valence-corrected chi connectivity index (χ3v) is 7.86. The van der Waals surface area contributed by atoms with Crippen molar-refractivity contribution >= 4 is 27.8 Å². The quantitative estimate of drug-likeness (QED) is 0.201. The lowest BCUT2D eigenvalue weighted by Crippen LogP contribution is -2.40. The highest BCUT2D eigenvalue weighted by molar-refractivity contribution is 7.92. The number of hydrogen-bond acceptors (Lipinski definition) is 5. The molecule has 1 amide bonds. The van der Waals surface area contributed by atoms with Crippen molar-refractivity contribution in [2.45, 2.75) is 31.8 Å². The van der Waals surface area contributed by atoms with Crippen molar-refractivity contribution in [3.63, 3.8) is 0 Å². The van der Waals surface area contributed by atoms with Crippen LogP contribution < -0.4 is 14.5 Å². The molecule has 0 radical (unpaired) electrons. The van der Waals surface area contributed by atoms with Crippen molar-refractivity contribution in [1.29, 1.82) is 0 Å². The van der Waals surface area contributed by atoms with Crippen LogP contribution in [-0.4, -0.2) is 27.1 Å². The van der Waals surface area contributed by atoms with Gasteiger partial charge in [0.2, 0.25) is 0 Å². The molecule has 7 nitrogen and oxygen atoms in total. The Morgan fingerprint density at radius 3 is 2.31 bits per heavy atom. The molecule has 0 unspecified atom stereocenters. The molecule has 0 aliphatic carbocycles. The summed E-state index contributed by atoms with van der Waals surface area (Å²) in [5, 5.41) is 4.09. The first kappa shape index (κ1) is 27.6. The van der Waals surface area contributed by atoms with E-state index in [0.29, 0.717) is 30.0 Å². The molecule has 4 aromatic rings. The third kappa shape index (κ3) is 7.12. The molecule has 4 rings (SSSR count). The van der Waals surface area contributed by atoms with Crippen molar-refractivity contribution in [2.75, 3.05) is 10.8 Å². The number of nitrogens with zero attached hydrogens (tertiary/aromatic N) is 2. The van der Waals surface area contributed by atoms with Crippen LogP contribution in [0.4, 0.5) is 5.69 Å². The van der Waals surface area contributed by atoms with E-state index in [2.05, 4.69) is 10.5 Å². The maximum absolute atomic E-state index is 13.7. The van der Waals surface area contributed by atoms with Gasteiger partial charge in [-0.25, -0.2) is 13.8 Å². The van der Waals surface area contributed by atoms with Crippen molar-refractivity contribution in [1.82, 2.24) is 5.43 Å². The van der Waals surface area contributed by atoms with Crippen LogP contribution >= 0.6 is 0 Å². The van der Waals surface area contributed by atoms with E-state index < -0.39 is 22.5 Å². The molecule has 200 valence electrons. The van der Waals surface area contributed by atoms with Gasteiger partial charge in [0, 0.05) is 5.56 Å².